The van der Waals surface area contributed by atoms with Gasteiger partial charge in [-0.1, -0.05) is 49.4 Å². The normalized spacial score (nSPS) is 12.9. The molecule has 0 aliphatic rings. The van der Waals surface area contributed by atoms with Crippen LogP contribution in [0.1, 0.15) is 36.2 Å². The average molecular weight is 354 g/mol. The molecule has 0 spiro atoms. The number of hydrogen-bond acceptors (Lipinski definition) is 3. The molecule has 2 rings (SSSR count). The molecule has 0 fully saturated rings. The lowest BCUT2D eigenvalue weighted by molar-refractivity contribution is -0.118. The van der Waals surface area contributed by atoms with Crippen molar-refractivity contribution in [1.29, 1.82) is 0 Å². The van der Waals surface area contributed by atoms with Gasteiger partial charge in [0.25, 0.3) is 5.91 Å². The summed E-state index contributed by atoms with van der Waals surface area (Å²) in [5.74, 6) is -0.377. The quantitative estimate of drug-likeness (QED) is 0.803. The summed E-state index contributed by atoms with van der Waals surface area (Å²) in [6.45, 7) is 3.55. The Hall–Kier alpha value is -2.66. The number of aliphatic hydroxyl groups excluding tert-OH is 1. The summed E-state index contributed by atoms with van der Waals surface area (Å²) < 4.78 is 0. The molecule has 5 nitrogen and oxygen atoms in total. The third kappa shape index (κ3) is 4.92. The van der Waals surface area contributed by atoms with E-state index in [1.165, 1.54) is 4.90 Å². The van der Waals surface area contributed by atoms with Crippen LogP contribution >= 0.6 is 0 Å². The Labute approximate surface area is 154 Å². The molecule has 2 amide bonds. The Morgan fingerprint density at radius 2 is 1.69 bits per heavy atom. The number of benzene rings is 2. The molecule has 0 heterocycles. The number of hydrogen-bond donors (Lipinski definition) is 2. The maximum Gasteiger partial charge on any atom is 0.253 e. The number of carbonyl (C=O) groups is 2. The summed E-state index contributed by atoms with van der Waals surface area (Å²) >= 11 is 0. The molecule has 138 valence electrons. The third-order valence-corrected chi connectivity index (χ3v) is 4.41. The molecule has 0 radical (unpaired) electrons. The van der Waals surface area contributed by atoms with Gasteiger partial charge in [0.15, 0.2) is 0 Å². The van der Waals surface area contributed by atoms with E-state index in [0.29, 0.717) is 24.1 Å². The van der Waals surface area contributed by atoms with Gasteiger partial charge in [-0.05, 0) is 24.6 Å². The first-order valence-corrected chi connectivity index (χ1v) is 8.82. The van der Waals surface area contributed by atoms with E-state index in [0.717, 1.165) is 5.56 Å². The minimum Gasteiger partial charge on any atom is -0.391 e. The van der Waals surface area contributed by atoms with E-state index in [9.17, 15) is 14.7 Å². The molecular weight excluding hydrogens is 328 g/mol. The summed E-state index contributed by atoms with van der Waals surface area (Å²) in [7, 11) is 1.66. The van der Waals surface area contributed by atoms with Crippen LogP contribution in [-0.2, 0) is 11.2 Å². The van der Waals surface area contributed by atoms with Crippen molar-refractivity contribution < 1.29 is 14.7 Å². The molecule has 0 saturated carbocycles. The average Bonchev–Trinajstić information content (AvgIpc) is 2.67. The first-order valence-electron chi connectivity index (χ1n) is 8.82. The monoisotopic (exact) mass is 354 g/mol. The van der Waals surface area contributed by atoms with Gasteiger partial charge in [0.05, 0.1) is 23.4 Å². The van der Waals surface area contributed by atoms with Gasteiger partial charge in [0, 0.05) is 19.9 Å². The first kappa shape index (κ1) is 19.7. The van der Waals surface area contributed by atoms with E-state index >= 15 is 0 Å². The zero-order valence-corrected chi connectivity index (χ0v) is 15.5. The van der Waals surface area contributed by atoms with E-state index in [4.69, 9.17) is 0 Å². The molecule has 0 aliphatic carbocycles. The predicted octanol–water partition coefficient (Wildman–Crippen LogP) is 2.78. The second kappa shape index (κ2) is 9.15. The summed E-state index contributed by atoms with van der Waals surface area (Å²) in [5.41, 5.74) is 1.98. The zero-order chi connectivity index (χ0) is 19.1. The Bertz CT molecular complexity index is 746. The number of nitrogens with zero attached hydrogens (tertiary/aromatic N) is 1. The summed E-state index contributed by atoms with van der Waals surface area (Å²) in [6, 6.07) is 16.2. The van der Waals surface area contributed by atoms with Gasteiger partial charge in [0.1, 0.15) is 0 Å². The predicted molar refractivity (Wildman–Crippen MR) is 103 cm³/mol. The van der Waals surface area contributed by atoms with Crippen LogP contribution in [0.2, 0.25) is 0 Å². The van der Waals surface area contributed by atoms with Crippen molar-refractivity contribution in [3.05, 3.63) is 65.7 Å². The highest BCUT2D eigenvalue weighted by Gasteiger charge is 2.21. The van der Waals surface area contributed by atoms with E-state index in [1.54, 1.807) is 45.2 Å². The minimum atomic E-state index is -0.705. The van der Waals surface area contributed by atoms with Crippen LogP contribution in [0.5, 0.6) is 0 Å². The Kier molecular flexibility index (Phi) is 6.92. The highest BCUT2D eigenvalue weighted by atomic mass is 16.3. The lowest BCUT2D eigenvalue weighted by Gasteiger charge is -2.23. The number of nitrogens with one attached hydrogen (secondary N) is 1. The van der Waals surface area contributed by atoms with Crippen LogP contribution in [0.25, 0.3) is 0 Å². The van der Waals surface area contributed by atoms with E-state index in [1.807, 2.05) is 30.3 Å². The zero-order valence-electron chi connectivity index (χ0n) is 15.5. The fourth-order valence-corrected chi connectivity index (χ4v) is 2.74. The lowest BCUT2D eigenvalue weighted by Crippen LogP contribution is -2.42. The van der Waals surface area contributed by atoms with Crippen LogP contribution in [0, 0.1) is 0 Å². The molecule has 2 N–H and O–H groups in total. The van der Waals surface area contributed by atoms with Gasteiger partial charge in [-0.2, -0.15) is 0 Å². The minimum absolute atomic E-state index is 0.0672. The molecular formula is C21H26N2O3. The van der Waals surface area contributed by atoms with Crippen molar-refractivity contribution in [2.24, 2.45) is 0 Å². The summed E-state index contributed by atoms with van der Waals surface area (Å²) in [6.07, 6.45) is 0.111. The van der Waals surface area contributed by atoms with Crippen LogP contribution < -0.4 is 10.2 Å². The van der Waals surface area contributed by atoms with Gasteiger partial charge in [-0.3, -0.25) is 9.59 Å². The smallest absolute Gasteiger partial charge is 0.253 e. The largest absolute Gasteiger partial charge is 0.391 e. The Morgan fingerprint density at radius 1 is 1.08 bits per heavy atom. The number of anilines is 1. The van der Waals surface area contributed by atoms with E-state index in [2.05, 4.69) is 5.32 Å². The fraction of sp³-hybridized carbons (Fsp3) is 0.333. The number of rotatable bonds is 7. The van der Waals surface area contributed by atoms with Gasteiger partial charge in [0.2, 0.25) is 5.91 Å². The molecule has 0 bridgehead atoms. The molecule has 2 aromatic carbocycles. The second-order valence-electron chi connectivity index (χ2n) is 6.34. The molecule has 5 heteroatoms. The highest BCUT2D eigenvalue weighted by Crippen LogP contribution is 2.20. The van der Waals surface area contributed by atoms with Crippen molar-refractivity contribution in [3.63, 3.8) is 0 Å². The van der Waals surface area contributed by atoms with Crippen molar-refractivity contribution in [1.82, 2.24) is 5.32 Å². The highest BCUT2D eigenvalue weighted by molar-refractivity contribution is 6.04. The van der Waals surface area contributed by atoms with Gasteiger partial charge < -0.3 is 15.3 Å². The Morgan fingerprint density at radius 3 is 2.35 bits per heavy atom. The van der Waals surface area contributed by atoms with E-state index < -0.39 is 12.1 Å². The van der Waals surface area contributed by atoms with Gasteiger partial charge in [-0.25, -0.2) is 0 Å². The maximum absolute atomic E-state index is 12.7. The number of carbonyl (C=O) groups excluding carboxylic acids is 2. The molecule has 0 unspecified atom stereocenters. The summed E-state index contributed by atoms with van der Waals surface area (Å²) in [4.78, 5) is 26.1. The van der Waals surface area contributed by atoms with Crippen LogP contribution in [0.4, 0.5) is 5.69 Å². The SMILES string of the molecule is CCC(=O)N(C)c1ccccc1C(=O)N[C@@H](C)[C@H](O)Cc1ccccc1. The fourth-order valence-electron chi connectivity index (χ4n) is 2.74. The van der Waals surface area contributed by atoms with Crippen molar-refractivity contribution in [2.45, 2.75) is 38.8 Å². The molecule has 0 saturated heterocycles. The van der Waals surface area contributed by atoms with Crippen molar-refractivity contribution >= 4 is 17.5 Å². The molecule has 0 aromatic heterocycles. The van der Waals surface area contributed by atoms with Gasteiger partial charge in [-0.15, -0.1) is 0 Å². The number of amides is 2. The van der Waals surface area contributed by atoms with Crippen LogP contribution in [0.3, 0.4) is 0 Å². The standard InChI is InChI=1S/C21H26N2O3/c1-4-20(25)23(3)18-13-9-8-12-17(18)21(26)22-15(2)19(24)14-16-10-6-5-7-11-16/h5-13,15,19,24H,4,14H2,1-3H3,(H,22,26)/t15-,19+/m0/s1. The van der Waals surface area contributed by atoms with Gasteiger partial charge >= 0.3 is 0 Å². The van der Waals surface area contributed by atoms with E-state index in [-0.39, 0.29) is 11.8 Å². The molecule has 0 aliphatic heterocycles. The van der Waals surface area contributed by atoms with Crippen LogP contribution in [0.15, 0.2) is 54.6 Å². The molecule has 26 heavy (non-hydrogen) atoms. The van der Waals surface area contributed by atoms with Crippen LogP contribution in [-0.4, -0.2) is 36.1 Å². The Balaban J connectivity index is 2.08. The second-order valence-corrected chi connectivity index (χ2v) is 6.34. The molecule has 2 atom stereocenters. The topological polar surface area (TPSA) is 69.6 Å². The summed E-state index contributed by atoms with van der Waals surface area (Å²) in [5, 5.41) is 13.2. The maximum atomic E-state index is 12.7. The number of para-hydroxylation sites is 1. The number of aliphatic hydroxyl groups is 1. The van der Waals surface area contributed by atoms with Crippen molar-refractivity contribution in [3.8, 4) is 0 Å². The third-order valence-electron chi connectivity index (χ3n) is 4.41. The molecule has 2 aromatic rings. The first-order chi connectivity index (χ1) is 12.4. The van der Waals surface area contributed by atoms with Crippen molar-refractivity contribution in [2.75, 3.05) is 11.9 Å². The lowest BCUT2D eigenvalue weighted by atomic mass is 10.0.